The van der Waals surface area contributed by atoms with E-state index in [1.54, 1.807) is 24.3 Å². The summed E-state index contributed by atoms with van der Waals surface area (Å²) in [5.41, 5.74) is 0.662. The van der Waals surface area contributed by atoms with Crippen LogP contribution in [-0.2, 0) is 0 Å². The van der Waals surface area contributed by atoms with Crippen molar-refractivity contribution in [3.8, 4) is 0 Å². The summed E-state index contributed by atoms with van der Waals surface area (Å²) < 4.78 is 6.21. The fourth-order valence-electron chi connectivity index (χ4n) is 2.45. The standard InChI is InChI=1S/C19H11BrN2O3S/c20-12-5-7-13(8-6-12)22-19-21-10-16(26-19)17(23)14-9-11-3-1-2-4-15(11)25-18(14)24/h1-10H,(H,21,22). The number of carbonyl (C=O) groups is 1. The smallest absolute Gasteiger partial charge is 0.347 e. The average molecular weight is 427 g/mol. The van der Waals surface area contributed by atoms with Crippen LogP contribution >= 0.6 is 27.3 Å². The second-order valence-corrected chi connectivity index (χ2v) is 7.42. The van der Waals surface area contributed by atoms with Crippen molar-refractivity contribution in [3.63, 3.8) is 0 Å². The van der Waals surface area contributed by atoms with E-state index >= 15 is 0 Å². The third-order valence-corrected chi connectivity index (χ3v) is 5.15. The highest BCUT2D eigenvalue weighted by molar-refractivity contribution is 9.10. The van der Waals surface area contributed by atoms with Gasteiger partial charge in [-0.2, -0.15) is 0 Å². The third-order valence-electron chi connectivity index (χ3n) is 3.71. The monoisotopic (exact) mass is 426 g/mol. The van der Waals surface area contributed by atoms with Gasteiger partial charge in [0.2, 0.25) is 5.78 Å². The van der Waals surface area contributed by atoms with E-state index in [9.17, 15) is 9.59 Å². The highest BCUT2D eigenvalue weighted by Crippen LogP contribution is 2.25. The Kier molecular flexibility index (Phi) is 4.40. The van der Waals surface area contributed by atoms with E-state index in [2.05, 4.69) is 26.2 Å². The molecule has 1 N–H and O–H groups in total. The van der Waals surface area contributed by atoms with E-state index in [0.717, 1.165) is 10.2 Å². The molecular formula is C19H11BrN2O3S. The van der Waals surface area contributed by atoms with Crippen LogP contribution in [0.5, 0.6) is 0 Å². The van der Waals surface area contributed by atoms with E-state index in [-0.39, 0.29) is 5.56 Å². The zero-order chi connectivity index (χ0) is 18.1. The van der Waals surface area contributed by atoms with Gasteiger partial charge in [-0.1, -0.05) is 45.5 Å². The quantitative estimate of drug-likeness (QED) is 0.367. The van der Waals surface area contributed by atoms with Crippen LogP contribution in [0.25, 0.3) is 11.0 Å². The molecule has 0 fully saturated rings. The van der Waals surface area contributed by atoms with Gasteiger partial charge in [-0.25, -0.2) is 9.78 Å². The minimum absolute atomic E-state index is 0.00235. The Morgan fingerprint density at radius 1 is 1.12 bits per heavy atom. The van der Waals surface area contributed by atoms with Crippen molar-refractivity contribution in [2.45, 2.75) is 0 Å². The van der Waals surface area contributed by atoms with Gasteiger partial charge in [0.15, 0.2) is 5.13 Å². The van der Waals surface area contributed by atoms with Crippen molar-refractivity contribution in [2.24, 2.45) is 0 Å². The zero-order valence-electron chi connectivity index (χ0n) is 13.2. The Morgan fingerprint density at radius 3 is 2.69 bits per heavy atom. The minimum Gasteiger partial charge on any atom is -0.422 e. The summed E-state index contributed by atoms with van der Waals surface area (Å²) in [6, 6.07) is 16.2. The molecule has 0 unspecified atom stereocenters. The van der Waals surface area contributed by atoms with Crippen molar-refractivity contribution in [3.05, 3.63) is 86.1 Å². The van der Waals surface area contributed by atoms with Gasteiger partial charge < -0.3 is 9.73 Å². The van der Waals surface area contributed by atoms with Crippen molar-refractivity contribution in [2.75, 3.05) is 5.32 Å². The Hall–Kier alpha value is -2.77. The molecule has 7 heteroatoms. The molecule has 0 saturated carbocycles. The molecule has 0 bridgehead atoms. The summed E-state index contributed by atoms with van der Waals surface area (Å²) in [7, 11) is 0. The Bertz CT molecular complexity index is 1170. The number of carbonyl (C=O) groups excluding carboxylic acids is 1. The number of rotatable bonds is 4. The van der Waals surface area contributed by atoms with Crippen molar-refractivity contribution in [1.29, 1.82) is 0 Å². The molecule has 0 atom stereocenters. The van der Waals surface area contributed by atoms with Crippen LogP contribution < -0.4 is 10.9 Å². The lowest BCUT2D eigenvalue weighted by atomic mass is 10.1. The number of anilines is 2. The number of benzene rings is 2. The van der Waals surface area contributed by atoms with Crippen molar-refractivity contribution < 1.29 is 9.21 Å². The molecule has 5 nitrogen and oxygen atoms in total. The molecule has 0 amide bonds. The Morgan fingerprint density at radius 2 is 1.88 bits per heavy atom. The molecule has 4 aromatic rings. The van der Waals surface area contributed by atoms with Gasteiger partial charge in [0.05, 0.1) is 11.1 Å². The predicted molar refractivity (Wildman–Crippen MR) is 105 cm³/mol. The maximum Gasteiger partial charge on any atom is 0.347 e. The first-order chi connectivity index (χ1) is 12.6. The molecule has 4 rings (SSSR count). The summed E-state index contributed by atoms with van der Waals surface area (Å²) in [6.45, 7) is 0. The molecule has 0 aliphatic rings. The maximum atomic E-state index is 12.7. The van der Waals surface area contributed by atoms with E-state index in [0.29, 0.717) is 21.0 Å². The van der Waals surface area contributed by atoms with Crippen LogP contribution in [0.3, 0.4) is 0 Å². The molecule has 0 aliphatic heterocycles. The van der Waals surface area contributed by atoms with E-state index in [1.165, 1.54) is 17.5 Å². The lowest BCUT2D eigenvalue weighted by Gasteiger charge is -2.02. The molecule has 2 aromatic carbocycles. The van der Waals surface area contributed by atoms with E-state index in [1.807, 2.05) is 30.3 Å². The van der Waals surface area contributed by atoms with Gasteiger partial charge in [-0.3, -0.25) is 4.79 Å². The SMILES string of the molecule is O=C(c1cnc(Nc2ccc(Br)cc2)s1)c1cc2ccccc2oc1=O. The molecule has 0 aliphatic carbocycles. The topological polar surface area (TPSA) is 72.2 Å². The van der Waals surface area contributed by atoms with E-state index < -0.39 is 11.4 Å². The number of thiazole rings is 1. The Labute approximate surface area is 160 Å². The van der Waals surface area contributed by atoms with Gasteiger partial charge in [-0.05, 0) is 36.4 Å². The highest BCUT2D eigenvalue weighted by Gasteiger charge is 2.18. The first-order valence-corrected chi connectivity index (χ1v) is 9.27. The number of hydrogen-bond acceptors (Lipinski definition) is 6. The fourth-order valence-corrected chi connectivity index (χ4v) is 3.50. The number of hydrogen-bond donors (Lipinski definition) is 1. The summed E-state index contributed by atoms with van der Waals surface area (Å²) >= 11 is 4.56. The molecule has 2 heterocycles. The summed E-state index contributed by atoms with van der Waals surface area (Å²) in [4.78, 5) is 29.4. The summed E-state index contributed by atoms with van der Waals surface area (Å²) in [5.74, 6) is -0.397. The zero-order valence-corrected chi connectivity index (χ0v) is 15.6. The highest BCUT2D eigenvalue weighted by atomic mass is 79.9. The van der Waals surface area contributed by atoms with Crippen LogP contribution in [0.2, 0.25) is 0 Å². The lowest BCUT2D eigenvalue weighted by Crippen LogP contribution is -2.13. The van der Waals surface area contributed by atoms with Crippen molar-refractivity contribution >= 4 is 54.8 Å². The van der Waals surface area contributed by atoms with Crippen LogP contribution in [0, 0.1) is 0 Å². The number of halogens is 1. The predicted octanol–water partition coefficient (Wildman–Crippen LogP) is 4.99. The number of ketones is 1. The first-order valence-electron chi connectivity index (χ1n) is 7.66. The molecule has 26 heavy (non-hydrogen) atoms. The number of para-hydroxylation sites is 1. The van der Waals surface area contributed by atoms with Crippen LogP contribution in [0.1, 0.15) is 15.2 Å². The number of aromatic nitrogens is 1. The summed E-state index contributed by atoms with van der Waals surface area (Å²) in [6.07, 6.45) is 1.46. The molecule has 0 saturated heterocycles. The molecule has 128 valence electrons. The molecule has 0 radical (unpaired) electrons. The van der Waals surface area contributed by atoms with E-state index in [4.69, 9.17) is 4.42 Å². The lowest BCUT2D eigenvalue weighted by molar-refractivity contribution is 0.103. The first kappa shape index (κ1) is 16.7. The average Bonchev–Trinajstić information content (AvgIpc) is 3.11. The largest absolute Gasteiger partial charge is 0.422 e. The van der Waals surface area contributed by atoms with Gasteiger partial charge in [-0.15, -0.1) is 0 Å². The van der Waals surface area contributed by atoms with Crippen LogP contribution in [0.15, 0.2) is 74.5 Å². The fraction of sp³-hybridized carbons (Fsp3) is 0. The second-order valence-electron chi connectivity index (χ2n) is 5.48. The minimum atomic E-state index is -0.649. The number of fused-ring (bicyclic) bond motifs is 1. The third kappa shape index (κ3) is 3.31. The van der Waals surface area contributed by atoms with Gasteiger partial charge in [0.25, 0.3) is 0 Å². The van der Waals surface area contributed by atoms with Gasteiger partial charge in [0, 0.05) is 15.5 Å². The number of nitrogens with zero attached hydrogens (tertiary/aromatic N) is 1. The van der Waals surface area contributed by atoms with Gasteiger partial charge in [0.1, 0.15) is 11.1 Å². The normalized spacial score (nSPS) is 10.8. The second kappa shape index (κ2) is 6.86. The Balaban J connectivity index is 1.63. The molecule has 2 aromatic heterocycles. The van der Waals surface area contributed by atoms with Crippen LogP contribution in [-0.4, -0.2) is 10.8 Å². The molecule has 0 spiro atoms. The van der Waals surface area contributed by atoms with Gasteiger partial charge >= 0.3 is 5.63 Å². The maximum absolute atomic E-state index is 12.7. The van der Waals surface area contributed by atoms with Crippen LogP contribution in [0.4, 0.5) is 10.8 Å². The van der Waals surface area contributed by atoms with Crippen molar-refractivity contribution in [1.82, 2.24) is 4.98 Å². The molecular weight excluding hydrogens is 416 g/mol. The summed E-state index contributed by atoms with van der Waals surface area (Å²) in [5, 5.41) is 4.41. The number of nitrogens with one attached hydrogen (secondary N) is 1.